The Hall–Kier alpha value is -4.26. The molecule has 0 fully saturated rings. The number of benzene rings is 3. The fourth-order valence-corrected chi connectivity index (χ4v) is 2.85. The van der Waals surface area contributed by atoms with E-state index in [1.54, 1.807) is 61.7 Å². The summed E-state index contributed by atoms with van der Waals surface area (Å²) in [6.45, 7) is 0. The third-order valence-corrected chi connectivity index (χ3v) is 4.45. The number of ether oxygens (including phenoxy) is 2. The van der Waals surface area contributed by atoms with Gasteiger partial charge in [0.2, 0.25) is 5.88 Å². The van der Waals surface area contributed by atoms with Gasteiger partial charge in [0, 0.05) is 28.9 Å². The van der Waals surface area contributed by atoms with Crippen LogP contribution in [0.1, 0.15) is 10.4 Å². The van der Waals surface area contributed by atoms with Crippen LogP contribution in [0.15, 0.2) is 84.9 Å². The zero-order valence-electron chi connectivity index (χ0n) is 16.6. The number of methoxy groups -OCH3 is 1. The Balaban J connectivity index is 1.42. The second-order valence-corrected chi connectivity index (χ2v) is 6.58. The van der Waals surface area contributed by atoms with Crippen molar-refractivity contribution in [2.24, 2.45) is 0 Å². The van der Waals surface area contributed by atoms with Crippen molar-refractivity contribution in [3.05, 3.63) is 96.3 Å². The first-order valence-corrected chi connectivity index (χ1v) is 9.44. The van der Waals surface area contributed by atoms with Gasteiger partial charge in [-0.3, -0.25) is 4.79 Å². The fraction of sp³-hybridized carbons (Fsp3) is 0.0417. The summed E-state index contributed by atoms with van der Waals surface area (Å²) in [5.74, 6) is 0.862. The quantitative estimate of drug-likeness (QED) is 0.460. The van der Waals surface area contributed by atoms with Gasteiger partial charge in [0.1, 0.15) is 17.3 Å². The highest BCUT2D eigenvalue weighted by atomic mass is 19.1. The van der Waals surface area contributed by atoms with Crippen molar-refractivity contribution in [1.29, 1.82) is 0 Å². The molecule has 7 heteroatoms. The standard InChI is InChI=1S/C24H18FN3O3/c1-30-21-4-2-3-19(15-21)26-24(29)17-7-5-16(6-8-17)22-13-14-23(28-27-22)31-20-11-9-18(25)10-12-20/h2-15H,1H3,(H,26,29). The second-order valence-electron chi connectivity index (χ2n) is 6.58. The third-order valence-electron chi connectivity index (χ3n) is 4.45. The molecule has 31 heavy (non-hydrogen) atoms. The molecule has 0 spiro atoms. The van der Waals surface area contributed by atoms with E-state index in [1.807, 2.05) is 6.07 Å². The number of halogens is 1. The summed E-state index contributed by atoms with van der Waals surface area (Å²) in [5.41, 5.74) is 2.59. The van der Waals surface area contributed by atoms with Crippen LogP contribution >= 0.6 is 0 Å². The molecule has 0 bridgehead atoms. The molecule has 1 aromatic heterocycles. The maximum absolute atomic E-state index is 13.0. The summed E-state index contributed by atoms with van der Waals surface area (Å²) in [6.07, 6.45) is 0. The first-order chi connectivity index (χ1) is 15.1. The lowest BCUT2D eigenvalue weighted by molar-refractivity contribution is 0.102. The number of nitrogens with zero attached hydrogens (tertiary/aromatic N) is 2. The van der Waals surface area contributed by atoms with Gasteiger partial charge in [-0.1, -0.05) is 18.2 Å². The Morgan fingerprint density at radius 2 is 1.65 bits per heavy atom. The molecular weight excluding hydrogens is 397 g/mol. The van der Waals surface area contributed by atoms with Gasteiger partial charge < -0.3 is 14.8 Å². The number of hydrogen-bond acceptors (Lipinski definition) is 5. The van der Waals surface area contributed by atoms with Gasteiger partial charge in [-0.2, -0.15) is 0 Å². The zero-order chi connectivity index (χ0) is 21.6. The molecule has 3 aromatic carbocycles. The molecule has 4 aromatic rings. The molecule has 4 rings (SSSR count). The highest BCUT2D eigenvalue weighted by Crippen LogP contribution is 2.23. The number of rotatable bonds is 6. The Labute approximate surface area is 178 Å². The van der Waals surface area contributed by atoms with E-state index in [1.165, 1.54) is 24.3 Å². The molecule has 0 saturated heterocycles. The monoisotopic (exact) mass is 415 g/mol. The first-order valence-electron chi connectivity index (χ1n) is 9.44. The van der Waals surface area contributed by atoms with E-state index in [9.17, 15) is 9.18 Å². The summed E-state index contributed by atoms with van der Waals surface area (Å²) in [6, 6.07) is 23.3. The van der Waals surface area contributed by atoms with Gasteiger partial charge in [0.05, 0.1) is 12.8 Å². The molecular formula is C24H18FN3O3. The topological polar surface area (TPSA) is 73.3 Å². The van der Waals surface area contributed by atoms with Crippen LogP contribution in [0.5, 0.6) is 17.4 Å². The van der Waals surface area contributed by atoms with E-state index in [4.69, 9.17) is 9.47 Å². The van der Waals surface area contributed by atoms with Gasteiger partial charge in [-0.25, -0.2) is 4.39 Å². The van der Waals surface area contributed by atoms with Gasteiger partial charge in [0.15, 0.2) is 0 Å². The minimum Gasteiger partial charge on any atom is -0.497 e. The van der Waals surface area contributed by atoms with Crippen LogP contribution in [-0.2, 0) is 0 Å². The molecule has 1 heterocycles. The van der Waals surface area contributed by atoms with Gasteiger partial charge in [0.25, 0.3) is 5.91 Å². The average molecular weight is 415 g/mol. The first kappa shape index (κ1) is 20.0. The number of hydrogen-bond donors (Lipinski definition) is 1. The van der Waals surface area contributed by atoms with Crippen molar-refractivity contribution in [1.82, 2.24) is 10.2 Å². The lowest BCUT2D eigenvalue weighted by Gasteiger charge is -2.08. The third kappa shape index (κ3) is 5.02. The minimum atomic E-state index is -0.339. The number of anilines is 1. The molecule has 6 nitrogen and oxygen atoms in total. The molecule has 0 atom stereocenters. The van der Waals surface area contributed by atoms with Crippen molar-refractivity contribution >= 4 is 11.6 Å². The van der Waals surface area contributed by atoms with E-state index < -0.39 is 0 Å². The largest absolute Gasteiger partial charge is 0.497 e. The number of aromatic nitrogens is 2. The van der Waals surface area contributed by atoms with E-state index in [0.29, 0.717) is 34.3 Å². The summed E-state index contributed by atoms with van der Waals surface area (Å²) in [7, 11) is 1.57. The number of nitrogens with one attached hydrogen (secondary N) is 1. The van der Waals surface area contributed by atoms with Crippen molar-refractivity contribution in [2.75, 3.05) is 12.4 Å². The molecule has 0 unspecified atom stereocenters. The van der Waals surface area contributed by atoms with Crippen LogP contribution in [0.3, 0.4) is 0 Å². The Morgan fingerprint density at radius 3 is 2.32 bits per heavy atom. The minimum absolute atomic E-state index is 0.228. The van der Waals surface area contributed by atoms with Crippen LogP contribution in [0.4, 0.5) is 10.1 Å². The second kappa shape index (κ2) is 9.04. The van der Waals surface area contributed by atoms with E-state index in [-0.39, 0.29) is 11.7 Å². The molecule has 0 aliphatic rings. The van der Waals surface area contributed by atoms with Crippen LogP contribution in [0, 0.1) is 5.82 Å². The van der Waals surface area contributed by atoms with Crippen molar-refractivity contribution < 1.29 is 18.7 Å². The van der Waals surface area contributed by atoms with Crippen molar-refractivity contribution in [2.45, 2.75) is 0 Å². The lowest BCUT2D eigenvalue weighted by Crippen LogP contribution is -2.11. The molecule has 0 radical (unpaired) electrons. The maximum atomic E-state index is 13.0. The van der Waals surface area contributed by atoms with Gasteiger partial charge >= 0.3 is 0 Å². The van der Waals surface area contributed by atoms with Crippen molar-refractivity contribution in [3.63, 3.8) is 0 Å². The number of carbonyl (C=O) groups is 1. The summed E-state index contributed by atoms with van der Waals surface area (Å²) in [5, 5.41) is 11.0. The van der Waals surface area contributed by atoms with Crippen LogP contribution in [-0.4, -0.2) is 23.2 Å². The van der Waals surface area contributed by atoms with E-state index >= 15 is 0 Å². The molecule has 154 valence electrons. The highest BCUT2D eigenvalue weighted by Gasteiger charge is 2.09. The van der Waals surface area contributed by atoms with Crippen molar-refractivity contribution in [3.8, 4) is 28.6 Å². The summed E-state index contributed by atoms with van der Waals surface area (Å²) in [4.78, 5) is 12.5. The SMILES string of the molecule is COc1cccc(NC(=O)c2ccc(-c3ccc(Oc4ccc(F)cc4)nn3)cc2)c1. The predicted molar refractivity (Wildman–Crippen MR) is 115 cm³/mol. The zero-order valence-corrected chi connectivity index (χ0v) is 16.6. The normalized spacial score (nSPS) is 10.4. The Bertz CT molecular complexity index is 1180. The molecule has 0 saturated carbocycles. The molecule has 1 amide bonds. The van der Waals surface area contributed by atoms with Gasteiger partial charge in [-0.05, 0) is 54.6 Å². The molecule has 0 aliphatic carbocycles. The average Bonchev–Trinajstić information content (AvgIpc) is 2.81. The highest BCUT2D eigenvalue weighted by molar-refractivity contribution is 6.04. The molecule has 0 aliphatic heterocycles. The van der Waals surface area contributed by atoms with E-state index in [2.05, 4.69) is 15.5 Å². The predicted octanol–water partition coefficient (Wildman–Crippen LogP) is 5.34. The number of carbonyl (C=O) groups excluding carboxylic acids is 1. The van der Waals surface area contributed by atoms with Crippen LogP contribution in [0.2, 0.25) is 0 Å². The van der Waals surface area contributed by atoms with E-state index in [0.717, 1.165) is 5.56 Å². The lowest BCUT2D eigenvalue weighted by atomic mass is 10.1. The Kier molecular flexibility index (Phi) is 5.84. The summed E-state index contributed by atoms with van der Waals surface area (Å²) < 4.78 is 23.7. The Morgan fingerprint density at radius 1 is 0.871 bits per heavy atom. The van der Waals surface area contributed by atoms with Crippen LogP contribution in [0.25, 0.3) is 11.3 Å². The van der Waals surface area contributed by atoms with Crippen LogP contribution < -0.4 is 14.8 Å². The smallest absolute Gasteiger partial charge is 0.255 e. The van der Waals surface area contributed by atoms with Gasteiger partial charge in [-0.15, -0.1) is 10.2 Å². The fourth-order valence-electron chi connectivity index (χ4n) is 2.85. The number of amides is 1. The maximum Gasteiger partial charge on any atom is 0.255 e. The summed E-state index contributed by atoms with van der Waals surface area (Å²) >= 11 is 0. The molecule has 1 N–H and O–H groups in total.